The molecule has 1 aromatic rings. The van der Waals surface area contributed by atoms with E-state index in [1.165, 1.54) is 0 Å². The number of carbonyl (C=O) groups excluding carboxylic acids is 1. The maximum Gasteiger partial charge on any atom is 0.221 e. The normalized spacial score (nSPS) is 11.2. The molecule has 0 fully saturated rings. The molecule has 19 heavy (non-hydrogen) atoms. The van der Waals surface area contributed by atoms with Gasteiger partial charge < -0.3 is 11.1 Å². The maximum atomic E-state index is 11.8. The predicted octanol–water partition coefficient (Wildman–Crippen LogP) is 0.214. The smallest absolute Gasteiger partial charge is 0.221 e. The van der Waals surface area contributed by atoms with E-state index in [2.05, 4.69) is 10.0 Å². The molecule has 0 unspecified atom stereocenters. The average Bonchev–Trinajstić information content (AvgIpc) is 2.32. The molecule has 106 valence electrons. The van der Waals surface area contributed by atoms with E-state index in [0.717, 1.165) is 0 Å². The number of rotatable bonds is 7. The molecule has 0 aliphatic carbocycles. The van der Waals surface area contributed by atoms with Gasteiger partial charge in [0.25, 0.3) is 0 Å². The van der Waals surface area contributed by atoms with Gasteiger partial charge in [-0.3, -0.25) is 4.79 Å². The van der Waals surface area contributed by atoms with Crippen molar-refractivity contribution in [3.63, 3.8) is 0 Å². The third-order valence-corrected chi connectivity index (χ3v) is 3.74. The molecule has 1 amide bonds. The molecule has 0 atom stereocenters. The zero-order chi connectivity index (χ0) is 14.3. The summed E-state index contributed by atoms with van der Waals surface area (Å²) in [7, 11) is -3.43. The standard InChI is InChI=1S/C12H19N3O3S/c1-2-14-12(16)7-8-15-19(17,18)9-10-3-5-11(13)6-4-10/h3-6,15H,2,7-9,13H2,1H3,(H,14,16). The van der Waals surface area contributed by atoms with E-state index in [9.17, 15) is 13.2 Å². The Labute approximate surface area is 113 Å². The lowest BCUT2D eigenvalue weighted by molar-refractivity contribution is -0.120. The summed E-state index contributed by atoms with van der Waals surface area (Å²) in [4.78, 5) is 11.2. The summed E-state index contributed by atoms with van der Waals surface area (Å²) in [5, 5.41) is 2.60. The van der Waals surface area contributed by atoms with Crippen LogP contribution in [0, 0.1) is 0 Å². The minimum absolute atomic E-state index is 0.100. The van der Waals surface area contributed by atoms with Crippen LogP contribution in [0.3, 0.4) is 0 Å². The van der Waals surface area contributed by atoms with Crippen molar-refractivity contribution in [2.45, 2.75) is 19.1 Å². The maximum absolute atomic E-state index is 11.8. The number of nitrogens with one attached hydrogen (secondary N) is 2. The van der Waals surface area contributed by atoms with Crippen LogP contribution in [-0.2, 0) is 20.6 Å². The monoisotopic (exact) mass is 285 g/mol. The van der Waals surface area contributed by atoms with Crippen molar-refractivity contribution in [3.05, 3.63) is 29.8 Å². The summed E-state index contributed by atoms with van der Waals surface area (Å²) >= 11 is 0. The van der Waals surface area contributed by atoms with Gasteiger partial charge >= 0.3 is 0 Å². The number of anilines is 1. The molecule has 4 N–H and O–H groups in total. The lowest BCUT2D eigenvalue weighted by Crippen LogP contribution is -2.31. The fraction of sp³-hybridized carbons (Fsp3) is 0.417. The van der Waals surface area contributed by atoms with E-state index in [-0.39, 0.29) is 24.6 Å². The molecular formula is C12H19N3O3S. The highest BCUT2D eigenvalue weighted by Crippen LogP contribution is 2.08. The van der Waals surface area contributed by atoms with E-state index < -0.39 is 10.0 Å². The van der Waals surface area contributed by atoms with Crippen molar-refractivity contribution in [2.75, 3.05) is 18.8 Å². The van der Waals surface area contributed by atoms with Crippen LogP contribution in [0.2, 0.25) is 0 Å². The van der Waals surface area contributed by atoms with Gasteiger partial charge in [-0.1, -0.05) is 12.1 Å². The van der Waals surface area contributed by atoms with Crippen molar-refractivity contribution in [3.8, 4) is 0 Å². The number of sulfonamides is 1. The summed E-state index contributed by atoms with van der Waals surface area (Å²) < 4.78 is 25.9. The van der Waals surface area contributed by atoms with Gasteiger partial charge in [-0.05, 0) is 24.6 Å². The highest BCUT2D eigenvalue weighted by atomic mass is 32.2. The van der Waals surface area contributed by atoms with Crippen molar-refractivity contribution in [1.29, 1.82) is 0 Å². The fourth-order valence-corrected chi connectivity index (χ4v) is 2.64. The molecule has 0 heterocycles. The number of nitrogen functional groups attached to an aromatic ring is 1. The first-order valence-corrected chi connectivity index (χ1v) is 7.66. The van der Waals surface area contributed by atoms with Gasteiger partial charge in [-0.15, -0.1) is 0 Å². The number of nitrogens with two attached hydrogens (primary N) is 1. The van der Waals surface area contributed by atoms with Crippen LogP contribution in [-0.4, -0.2) is 27.4 Å². The molecule has 0 aromatic heterocycles. The summed E-state index contributed by atoms with van der Waals surface area (Å²) in [5.74, 6) is -0.291. The molecule has 0 radical (unpaired) electrons. The largest absolute Gasteiger partial charge is 0.399 e. The molecule has 0 saturated carbocycles. The average molecular weight is 285 g/mol. The van der Waals surface area contributed by atoms with Crippen LogP contribution in [0.15, 0.2) is 24.3 Å². The summed E-state index contributed by atoms with van der Waals surface area (Å²) in [6, 6.07) is 6.63. The van der Waals surface area contributed by atoms with Crippen molar-refractivity contribution < 1.29 is 13.2 Å². The second-order valence-electron chi connectivity index (χ2n) is 4.10. The molecule has 0 spiro atoms. The van der Waals surface area contributed by atoms with E-state index >= 15 is 0 Å². The fourth-order valence-electron chi connectivity index (χ4n) is 1.49. The van der Waals surface area contributed by atoms with Crippen molar-refractivity contribution >= 4 is 21.6 Å². The summed E-state index contributed by atoms with van der Waals surface area (Å²) in [6.07, 6.45) is 0.134. The Kier molecular flexibility index (Phi) is 5.78. The van der Waals surface area contributed by atoms with Crippen molar-refractivity contribution in [1.82, 2.24) is 10.0 Å². The lowest BCUT2D eigenvalue weighted by atomic mass is 10.2. The van der Waals surface area contributed by atoms with Crippen molar-refractivity contribution in [2.24, 2.45) is 0 Å². The van der Waals surface area contributed by atoms with E-state index in [0.29, 0.717) is 17.8 Å². The molecule has 0 aliphatic rings. The molecule has 7 heteroatoms. The van der Waals surface area contributed by atoms with Gasteiger partial charge in [0.2, 0.25) is 15.9 Å². The van der Waals surface area contributed by atoms with Crippen LogP contribution in [0.1, 0.15) is 18.9 Å². The highest BCUT2D eigenvalue weighted by molar-refractivity contribution is 7.88. The Morgan fingerprint density at radius 3 is 2.47 bits per heavy atom. The first kappa shape index (κ1) is 15.5. The molecule has 0 saturated heterocycles. The highest BCUT2D eigenvalue weighted by Gasteiger charge is 2.11. The molecule has 0 bridgehead atoms. The minimum Gasteiger partial charge on any atom is -0.399 e. The Balaban J connectivity index is 2.44. The first-order chi connectivity index (χ1) is 8.93. The molecule has 6 nitrogen and oxygen atoms in total. The van der Waals surface area contributed by atoms with Crippen LogP contribution >= 0.6 is 0 Å². The van der Waals surface area contributed by atoms with Gasteiger partial charge in [0.05, 0.1) is 5.75 Å². The molecule has 1 rings (SSSR count). The SMILES string of the molecule is CCNC(=O)CCNS(=O)(=O)Cc1ccc(N)cc1. The minimum atomic E-state index is -3.43. The zero-order valence-corrected chi connectivity index (χ0v) is 11.7. The van der Waals surface area contributed by atoms with Crippen LogP contribution in [0.4, 0.5) is 5.69 Å². The Morgan fingerprint density at radius 1 is 1.26 bits per heavy atom. The van der Waals surface area contributed by atoms with Gasteiger partial charge in [-0.25, -0.2) is 13.1 Å². The number of amides is 1. The van der Waals surface area contributed by atoms with Gasteiger partial charge in [0.1, 0.15) is 0 Å². The molecular weight excluding hydrogens is 266 g/mol. The molecule has 1 aromatic carbocycles. The third-order valence-electron chi connectivity index (χ3n) is 2.38. The molecule has 0 aliphatic heterocycles. The Hall–Kier alpha value is -1.60. The van der Waals surface area contributed by atoms with Crippen LogP contribution in [0.5, 0.6) is 0 Å². The number of benzene rings is 1. The first-order valence-electron chi connectivity index (χ1n) is 6.01. The van der Waals surface area contributed by atoms with Crippen LogP contribution in [0.25, 0.3) is 0 Å². The number of hydrogen-bond donors (Lipinski definition) is 3. The second kappa shape index (κ2) is 7.10. The second-order valence-corrected chi connectivity index (χ2v) is 5.91. The van der Waals surface area contributed by atoms with Gasteiger partial charge in [-0.2, -0.15) is 0 Å². The lowest BCUT2D eigenvalue weighted by Gasteiger charge is -2.07. The van der Waals surface area contributed by atoms with Gasteiger partial charge in [0, 0.05) is 25.2 Å². The van der Waals surface area contributed by atoms with Gasteiger partial charge in [0.15, 0.2) is 0 Å². The number of hydrogen-bond acceptors (Lipinski definition) is 4. The third kappa shape index (κ3) is 6.21. The predicted molar refractivity (Wildman–Crippen MR) is 74.8 cm³/mol. The van der Waals surface area contributed by atoms with Crippen LogP contribution < -0.4 is 15.8 Å². The summed E-state index contributed by atoms with van der Waals surface area (Å²) in [6.45, 7) is 2.45. The Morgan fingerprint density at radius 2 is 1.89 bits per heavy atom. The Bertz CT molecular complexity index is 512. The van der Waals surface area contributed by atoms with E-state index in [4.69, 9.17) is 5.73 Å². The quantitative estimate of drug-likeness (QED) is 0.623. The topological polar surface area (TPSA) is 101 Å². The summed E-state index contributed by atoms with van der Waals surface area (Å²) in [5.41, 5.74) is 6.76. The van der Waals surface area contributed by atoms with E-state index in [1.54, 1.807) is 24.3 Å². The van der Waals surface area contributed by atoms with E-state index in [1.807, 2.05) is 6.92 Å². The zero-order valence-electron chi connectivity index (χ0n) is 10.8. The number of carbonyl (C=O) groups is 1.